The molecular formula is C33H40N2O6. The van der Waals surface area contributed by atoms with Gasteiger partial charge in [0.05, 0.1) is 37.9 Å². The number of unbranched alkanes of at least 4 members (excludes halogenated alkanes) is 2. The minimum atomic E-state index is -0.624. The van der Waals surface area contributed by atoms with Gasteiger partial charge in [0, 0.05) is 30.8 Å². The zero-order valence-corrected chi connectivity index (χ0v) is 24.0. The molecule has 0 bridgehead atoms. The van der Waals surface area contributed by atoms with Gasteiger partial charge in [-0.2, -0.15) is 0 Å². The number of benzene rings is 2. The molecule has 0 aliphatic heterocycles. The van der Waals surface area contributed by atoms with Gasteiger partial charge in [0.2, 0.25) is 0 Å². The van der Waals surface area contributed by atoms with Crippen molar-refractivity contribution in [2.45, 2.75) is 52.4 Å². The fourth-order valence-electron chi connectivity index (χ4n) is 4.16. The molecule has 1 unspecified atom stereocenters. The number of rotatable bonds is 16. The molecule has 0 fully saturated rings. The summed E-state index contributed by atoms with van der Waals surface area (Å²) in [6.07, 6.45) is 9.26. The van der Waals surface area contributed by atoms with Gasteiger partial charge in [-0.1, -0.05) is 68.8 Å². The molecule has 3 rings (SSSR count). The summed E-state index contributed by atoms with van der Waals surface area (Å²) < 4.78 is 10.6. The molecule has 0 amide bonds. The van der Waals surface area contributed by atoms with Crippen LogP contribution in [0.5, 0.6) is 0 Å². The zero-order valence-electron chi connectivity index (χ0n) is 24.0. The first kappa shape index (κ1) is 31.6. The van der Waals surface area contributed by atoms with Gasteiger partial charge in [-0.25, -0.2) is 14.8 Å². The van der Waals surface area contributed by atoms with Crippen LogP contribution in [0.2, 0.25) is 0 Å². The molecule has 0 saturated heterocycles. The monoisotopic (exact) mass is 560 g/mol. The van der Waals surface area contributed by atoms with Crippen molar-refractivity contribution in [3.63, 3.8) is 0 Å². The van der Waals surface area contributed by atoms with Crippen LogP contribution in [0.15, 0.2) is 67.0 Å². The molecule has 8 heteroatoms. The standard InChI is InChI=1S/C33H40N2O6/c1-4-5-6-7-27-19-34-31(35-20-27)29-10-8-28(9-11-29)30-17-25(12-14-40-32(38)23(2)21-36)16-26(18-30)13-15-41-33(39)24(3)22-37/h8-11,16-20,24,36-37H,2,4-7,12-15,21-22H2,1,3H3. The van der Waals surface area contributed by atoms with Crippen LogP contribution in [0, 0.1) is 5.92 Å². The van der Waals surface area contributed by atoms with Gasteiger partial charge in [-0.05, 0) is 47.6 Å². The van der Waals surface area contributed by atoms with E-state index in [2.05, 4.69) is 23.5 Å². The second kappa shape index (κ2) is 16.4. The Bertz CT molecular complexity index is 1290. The summed E-state index contributed by atoms with van der Waals surface area (Å²) in [4.78, 5) is 33.0. The molecule has 2 N–H and O–H groups in total. The highest BCUT2D eigenvalue weighted by molar-refractivity contribution is 5.87. The molecule has 1 atom stereocenters. The Kier molecular flexibility index (Phi) is 12.7. The Labute approximate surface area is 242 Å². The Balaban J connectivity index is 1.75. The number of aliphatic hydroxyl groups excluding tert-OH is 2. The third-order valence-electron chi connectivity index (χ3n) is 6.72. The molecule has 1 aromatic heterocycles. The van der Waals surface area contributed by atoms with Crippen LogP contribution in [0.1, 0.15) is 49.8 Å². The van der Waals surface area contributed by atoms with Gasteiger partial charge >= 0.3 is 11.9 Å². The molecule has 2 aromatic carbocycles. The lowest BCUT2D eigenvalue weighted by Gasteiger charge is -2.13. The molecular weight excluding hydrogens is 520 g/mol. The van der Waals surface area contributed by atoms with Crippen molar-refractivity contribution >= 4 is 11.9 Å². The highest BCUT2D eigenvalue weighted by Crippen LogP contribution is 2.26. The number of hydrogen-bond donors (Lipinski definition) is 2. The molecule has 3 aromatic rings. The minimum Gasteiger partial charge on any atom is -0.465 e. The van der Waals surface area contributed by atoms with E-state index < -0.39 is 24.5 Å². The van der Waals surface area contributed by atoms with Crippen molar-refractivity contribution in [2.24, 2.45) is 5.92 Å². The van der Waals surface area contributed by atoms with Crippen LogP contribution < -0.4 is 0 Å². The molecule has 0 aliphatic rings. The van der Waals surface area contributed by atoms with Gasteiger partial charge in [-0.15, -0.1) is 0 Å². The van der Waals surface area contributed by atoms with Gasteiger partial charge in [0.1, 0.15) is 0 Å². The molecule has 0 spiro atoms. The van der Waals surface area contributed by atoms with E-state index in [0.29, 0.717) is 18.7 Å². The molecule has 41 heavy (non-hydrogen) atoms. The van der Waals surface area contributed by atoms with Crippen LogP contribution in [0.4, 0.5) is 0 Å². The first-order valence-electron chi connectivity index (χ1n) is 14.1. The van der Waals surface area contributed by atoms with Gasteiger partial charge in [0.25, 0.3) is 0 Å². The van der Waals surface area contributed by atoms with Crippen molar-refractivity contribution in [1.29, 1.82) is 0 Å². The summed E-state index contributed by atoms with van der Waals surface area (Å²) in [6, 6.07) is 14.1. The SMILES string of the molecule is C=C(CO)C(=O)OCCc1cc(CCOC(=O)C(C)CO)cc(-c2ccc(-c3ncc(CCCCC)cn3)cc2)c1. The number of carbonyl (C=O) groups excluding carboxylic acids is 2. The minimum absolute atomic E-state index is 0.00793. The lowest BCUT2D eigenvalue weighted by Crippen LogP contribution is -2.19. The summed E-state index contributed by atoms with van der Waals surface area (Å²) in [5.74, 6) is -0.956. The molecule has 0 aliphatic carbocycles. The van der Waals surface area contributed by atoms with E-state index in [0.717, 1.165) is 46.2 Å². The van der Waals surface area contributed by atoms with Gasteiger partial charge < -0.3 is 19.7 Å². The number of carbonyl (C=O) groups is 2. The van der Waals surface area contributed by atoms with E-state index >= 15 is 0 Å². The smallest absolute Gasteiger partial charge is 0.335 e. The average Bonchev–Trinajstić information content (AvgIpc) is 3.00. The second-order valence-corrected chi connectivity index (χ2v) is 10.1. The van der Waals surface area contributed by atoms with E-state index in [9.17, 15) is 14.7 Å². The third kappa shape index (κ3) is 9.92. The van der Waals surface area contributed by atoms with E-state index in [1.54, 1.807) is 6.92 Å². The number of hydrogen-bond acceptors (Lipinski definition) is 8. The summed E-state index contributed by atoms with van der Waals surface area (Å²) in [5.41, 5.74) is 5.94. The Morgan fingerprint density at radius 3 is 2.02 bits per heavy atom. The van der Waals surface area contributed by atoms with Crippen molar-refractivity contribution in [3.05, 3.63) is 83.7 Å². The lowest BCUT2D eigenvalue weighted by atomic mass is 9.96. The maximum atomic E-state index is 12.0. The number of aryl methyl sites for hydroxylation is 1. The van der Waals surface area contributed by atoms with Gasteiger partial charge in [0.15, 0.2) is 5.82 Å². The van der Waals surface area contributed by atoms with Gasteiger partial charge in [-0.3, -0.25) is 4.79 Å². The average molecular weight is 561 g/mol. The van der Waals surface area contributed by atoms with Crippen LogP contribution >= 0.6 is 0 Å². The second-order valence-electron chi connectivity index (χ2n) is 10.1. The summed E-state index contributed by atoms with van der Waals surface area (Å²) in [7, 11) is 0. The third-order valence-corrected chi connectivity index (χ3v) is 6.72. The van der Waals surface area contributed by atoms with Crippen LogP contribution in [-0.2, 0) is 38.3 Å². The largest absolute Gasteiger partial charge is 0.465 e. The van der Waals surface area contributed by atoms with Crippen LogP contribution in [-0.4, -0.2) is 58.5 Å². The highest BCUT2D eigenvalue weighted by atomic mass is 16.5. The molecule has 0 radical (unpaired) electrons. The summed E-state index contributed by atoms with van der Waals surface area (Å²) in [6.45, 7) is 6.90. The summed E-state index contributed by atoms with van der Waals surface area (Å²) in [5, 5.41) is 18.3. The Morgan fingerprint density at radius 1 is 0.829 bits per heavy atom. The first-order chi connectivity index (χ1) is 19.8. The highest BCUT2D eigenvalue weighted by Gasteiger charge is 2.14. The van der Waals surface area contributed by atoms with E-state index in [-0.39, 0.29) is 25.4 Å². The number of nitrogens with zero attached hydrogens (tertiary/aromatic N) is 2. The fraction of sp³-hybridized carbons (Fsp3) is 0.394. The Morgan fingerprint density at radius 2 is 1.44 bits per heavy atom. The fourth-order valence-corrected chi connectivity index (χ4v) is 4.16. The number of aliphatic hydroxyl groups is 2. The van der Waals surface area contributed by atoms with E-state index in [1.165, 1.54) is 12.8 Å². The molecule has 8 nitrogen and oxygen atoms in total. The number of ether oxygens (including phenoxy) is 2. The molecule has 1 heterocycles. The quantitative estimate of drug-likeness (QED) is 0.144. The number of esters is 2. The van der Waals surface area contributed by atoms with E-state index in [4.69, 9.17) is 14.6 Å². The van der Waals surface area contributed by atoms with Crippen LogP contribution in [0.25, 0.3) is 22.5 Å². The maximum Gasteiger partial charge on any atom is 0.335 e. The van der Waals surface area contributed by atoms with Crippen molar-refractivity contribution in [3.8, 4) is 22.5 Å². The topological polar surface area (TPSA) is 119 Å². The van der Waals surface area contributed by atoms with Crippen LogP contribution in [0.3, 0.4) is 0 Å². The zero-order chi connectivity index (χ0) is 29.6. The Hall–Kier alpha value is -3.88. The lowest BCUT2D eigenvalue weighted by molar-refractivity contribution is -0.149. The number of aromatic nitrogens is 2. The first-order valence-corrected chi connectivity index (χ1v) is 14.1. The maximum absolute atomic E-state index is 12.0. The van der Waals surface area contributed by atoms with Crippen molar-refractivity contribution < 1.29 is 29.3 Å². The normalized spacial score (nSPS) is 11.6. The molecule has 0 saturated carbocycles. The van der Waals surface area contributed by atoms with E-state index in [1.807, 2.05) is 54.9 Å². The van der Waals surface area contributed by atoms with Crippen molar-refractivity contribution in [1.82, 2.24) is 9.97 Å². The predicted octanol–water partition coefficient (Wildman–Crippen LogP) is 4.89. The molecule has 218 valence electrons. The predicted molar refractivity (Wildman–Crippen MR) is 158 cm³/mol. The van der Waals surface area contributed by atoms with Crippen molar-refractivity contribution in [2.75, 3.05) is 26.4 Å². The summed E-state index contributed by atoms with van der Waals surface area (Å²) >= 11 is 0.